The highest BCUT2D eigenvalue weighted by atomic mass is 16.1. The molecule has 1 amide bonds. The summed E-state index contributed by atoms with van der Waals surface area (Å²) in [5, 5.41) is 0. The minimum atomic E-state index is -0.389. The summed E-state index contributed by atoms with van der Waals surface area (Å²) in [4.78, 5) is 22.9. The first-order valence-corrected chi connectivity index (χ1v) is 4.75. The third-order valence-corrected chi connectivity index (χ3v) is 2.04. The Morgan fingerprint density at radius 1 is 1.19 bits per heavy atom. The van der Waals surface area contributed by atoms with Gasteiger partial charge in [0.05, 0.1) is 18.3 Å². The van der Waals surface area contributed by atoms with Crippen LogP contribution in [0.1, 0.15) is 5.69 Å². The molecule has 0 aliphatic rings. The number of pyridine rings is 1. The number of hydrogen-bond acceptors (Lipinski definition) is 4. The molecule has 2 rings (SSSR count). The summed E-state index contributed by atoms with van der Waals surface area (Å²) in [5.74, 6) is -0.389. The molecule has 0 saturated heterocycles. The molecular weight excluding hydrogens is 204 g/mol. The van der Waals surface area contributed by atoms with Gasteiger partial charge in [-0.25, -0.2) is 0 Å². The maximum atomic E-state index is 10.7. The normalized spacial score (nSPS) is 10.0. The molecule has 0 radical (unpaired) electrons. The Morgan fingerprint density at radius 3 is 2.62 bits per heavy atom. The van der Waals surface area contributed by atoms with Gasteiger partial charge in [0.2, 0.25) is 5.91 Å². The number of carbonyl (C=O) groups excluding carboxylic acids is 1. The van der Waals surface area contributed by atoms with Crippen LogP contribution in [0.5, 0.6) is 0 Å². The lowest BCUT2D eigenvalue weighted by atomic mass is 10.2. The SMILES string of the molecule is NC(=O)Cc1ccc(-c2cnccn2)cn1. The molecule has 2 N–H and O–H groups in total. The fourth-order valence-corrected chi connectivity index (χ4v) is 1.31. The fraction of sp³-hybridized carbons (Fsp3) is 0.0909. The first-order chi connectivity index (χ1) is 7.75. The molecule has 0 spiro atoms. The van der Waals surface area contributed by atoms with Crippen molar-refractivity contribution in [2.24, 2.45) is 5.73 Å². The Kier molecular flexibility index (Phi) is 2.86. The number of aromatic nitrogens is 3. The number of hydrogen-bond donors (Lipinski definition) is 1. The molecule has 0 fully saturated rings. The summed E-state index contributed by atoms with van der Waals surface area (Å²) in [7, 11) is 0. The van der Waals surface area contributed by atoms with Gasteiger partial charge in [-0.15, -0.1) is 0 Å². The van der Waals surface area contributed by atoms with E-state index in [0.29, 0.717) is 5.69 Å². The molecule has 80 valence electrons. The van der Waals surface area contributed by atoms with Crippen molar-refractivity contribution >= 4 is 5.91 Å². The molecule has 5 heteroatoms. The van der Waals surface area contributed by atoms with Crippen LogP contribution < -0.4 is 5.73 Å². The highest BCUT2D eigenvalue weighted by Gasteiger charge is 2.02. The van der Waals surface area contributed by atoms with Crippen molar-refractivity contribution in [1.29, 1.82) is 0 Å². The van der Waals surface area contributed by atoms with E-state index < -0.39 is 0 Å². The zero-order valence-corrected chi connectivity index (χ0v) is 8.50. The van der Waals surface area contributed by atoms with E-state index in [9.17, 15) is 4.79 Å². The minimum absolute atomic E-state index is 0.154. The lowest BCUT2D eigenvalue weighted by Crippen LogP contribution is -2.14. The topological polar surface area (TPSA) is 81.8 Å². The highest BCUT2D eigenvalue weighted by Crippen LogP contribution is 2.13. The molecule has 0 aromatic carbocycles. The van der Waals surface area contributed by atoms with Gasteiger partial charge in [0, 0.05) is 29.8 Å². The molecule has 2 heterocycles. The Balaban J connectivity index is 2.23. The Morgan fingerprint density at radius 2 is 2.06 bits per heavy atom. The number of carbonyl (C=O) groups is 1. The largest absolute Gasteiger partial charge is 0.369 e. The van der Waals surface area contributed by atoms with Gasteiger partial charge in [-0.1, -0.05) is 0 Å². The smallest absolute Gasteiger partial charge is 0.223 e. The highest BCUT2D eigenvalue weighted by molar-refractivity contribution is 5.76. The van der Waals surface area contributed by atoms with Crippen molar-refractivity contribution in [2.45, 2.75) is 6.42 Å². The number of primary amides is 1. The van der Waals surface area contributed by atoms with Crippen molar-refractivity contribution in [3.63, 3.8) is 0 Å². The van der Waals surface area contributed by atoms with Crippen LogP contribution in [0.15, 0.2) is 36.9 Å². The first-order valence-electron chi connectivity index (χ1n) is 4.75. The van der Waals surface area contributed by atoms with Gasteiger partial charge in [-0.2, -0.15) is 0 Å². The zero-order valence-electron chi connectivity index (χ0n) is 8.50. The predicted molar refractivity (Wildman–Crippen MR) is 58.2 cm³/mol. The van der Waals surface area contributed by atoms with E-state index in [1.54, 1.807) is 30.9 Å². The Bertz CT molecular complexity index is 481. The van der Waals surface area contributed by atoms with E-state index in [2.05, 4.69) is 15.0 Å². The minimum Gasteiger partial charge on any atom is -0.369 e. The summed E-state index contributed by atoms with van der Waals surface area (Å²) >= 11 is 0. The Hall–Kier alpha value is -2.30. The van der Waals surface area contributed by atoms with Crippen molar-refractivity contribution in [2.75, 3.05) is 0 Å². The lowest BCUT2D eigenvalue weighted by Gasteiger charge is -2.00. The van der Waals surface area contributed by atoms with E-state index in [4.69, 9.17) is 5.73 Å². The molecule has 2 aromatic rings. The van der Waals surface area contributed by atoms with E-state index >= 15 is 0 Å². The number of amides is 1. The molecule has 0 saturated carbocycles. The van der Waals surface area contributed by atoms with Crippen molar-refractivity contribution in [3.05, 3.63) is 42.6 Å². The molecule has 0 aliphatic carbocycles. The van der Waals surface area contributed by atoms with Crippen LogP contribution in [0, 0.1) is 0 Å². The molecule has 2 aromatic heterocycles. The molecule has 16 heavy (non-hydrogen) atoms. The Labute approximate surface area is 92.4 Å². The number of nitrogens with zero attached hydrogens (tertiary/aromatic N) is 3. The monoisotopic (exact) mass is 214 g/mol. The van der Waals surface area contributed by atoms with Gasteiger partial charge in [-0.05, 0) is 12.1 Å². The van der Waals surface area contributed by atoms with Gasteiger partial charge in [0.25, 0.3) is 0 Å². The van der Waals surface area contributed by atoms with Crippen LogP contribution in [-0.4, -0.2) is 20.9 Å². The summed E-state index contributed by atoms with van der Waals surface area (Å²) in [6.45, 7) is 0. The average Bonchev–Trinajstić information content (AvgIpc) is 2.30. The third kappa shape index (κ3) is 2.38. The predicted octanol–water partition coefficient (Wildman–Crippen LogP) is 0.566. The first kappa shape index (κ1) is 10.2. The summed E-state index contributed by atoms with van der Waals surface area (Å²) in [6, 6.07) is 3.60. The average molecular weight is 214 g/mol. The van der Waals surface area contributed by atoms with Crippen LogP contribution in [0.4, 0.5) is 0 Å². The van der Waals surface area contributed by atoms with E-state index in [0.717, 1.165) is 11.3 Å². The second-order valence-electron chi connectivity index (χ2n) is 3.27. The molecule has 0 bridgehead atoms. The third-order valence-electron chi connectivity index (χ3n) is 2.04. The van der Waals surface area contributed by atoms with E-state index in [1.807, 2.05) is 6.07 Å². The lowest BCUT2D eigenvalue weighted by molar-refractivity contribution is -0.117. The second-order valence-corrected chi connectivity index (χ2v) is 3.27. The molecular formula is C11H10N4O. The number of nitrogens with two attached hydrogens (primary N) is 1. The zero-order chi connectivity index (χ0) is 11.4. The quantitative estimate of drug-likeness (QED) is 0.809. The van der Waals surface area contributed by atoms with Crippen molar-refractivity contribution in [3.8, 4) is 11.3 Å². The fourth-order valence-electron chi connectivity index (χ4n) is 1.31. The maximum Gasteiger partial charge on any atom is 0.223 e. The van der Waals surface area contributed by atoms with Crippen molar-refractivity contribution < 1.29 is 4.79 Å². The van der Waals surface area contributed by atoms with Gasteiger partial charge in [0.15, 0.2) is 0 Å². The van der Waals surface area contributed by atoms with Crippen molar-refractivity contribution in [1.82, 2.24) is 15.0 Å². The van der Waals surface area contributed by atoms with Gasteiger partial charge >= 0.3 is 0 Å². The van der Waals surface area contributed by atoms with E-state index in [1.165, 1.54) is 0 Å². The van der Waals surface area contributed by atoms with Crippen LogP contribution >= 0.6 is 0 Å². The summed E-state index contributed by atoms with van der Waals surface area (Å²) in [6.07, 6.45) is 6.69. The van der Waals surface area contributed by atoms with Crippen LogP contribution in [0.25, 0.3) is 11.3 Å². The second kappa shape index (κ2) is 4.48. The van der Waals surface area contributed by atoms with Crippen LogP contribution in [0.2, 0.25) is 0 Å². The molecule has 0 unspecified atom stereocenters. The van der Waals surface area contributed by atoms with Crippen LogP contribution in [0.3, 0.4) is 0 Å². The van der Waals surface area contributed by atoms with Gasteiger partial charge < -0.3 is 5.73 Å². The van der Waals surface area contributed by atoms with Gasteiger partial charge in [-0.3, -0.25) is 19.7 Å². The molecule has 0 aliphatic heterocycles. The van der Waals surface area contributed by atoms with Crippen LogP contribution in [-0.2, 0) is 11.2 Å². The number of rotatable bonds is 3. The summed E-state index contributed by atoms with van der Waals surface area (Å²) in [5.41, 5.74) is 7.34. The standard InChI is InChI=1S/C11H10N4O/c12-11(16)5-9-2-1-8(6-15-9)10-7-13-3-4-14-10/h1-4,6-7H,5H2,(H2,12,16). The molecule has 0 atom stereocenters. The van der Waals surface area contributed by atoms with E-state index in [-0.39, 0.29) is 12.3 Å². The van der Waals surface area contributed by atoms with Gasteiger partial charge in [0.1, 0.15) is 0 Å². The maximum absolute atomic E-state index is 10.7. The summed E-state index contributed by atoms with van der Waals surface area (Å²) < 4.78 is 0. The molecule has 5 nitrogen and oxygen atoms in total.